The van der Waals surface area contributed by atoms with Gasteiger partial charge in [-0.2, -0.15) is 0 Å². The van der Waals surface area contributed by atoms with Crippen LogP contribution in [-0.2, 0) is 17.2 Å². The topological polar surface area (TPSA) is 56.0 Å². The number of aromatic nitrogens is 1. The summed E-state index contributed by atoms with van der Waals surface area (Å²) >= 11 is 0. The Bertz CT molecular complexity index is 497. The van der Waals surface area contributed by atoms with Gasteiger partial charge in [0, 0.05) is 28.7 Å². The molecule has 1 aromatic heterocycles. The van der Waals surface area contributed by atoms with Gasteiger partial charge in [-0.25, -0.2) is 0 Å². The first-order valence-corrected chi connectivity index (χ1v) is 6.70. The zero-order chi connectivity index (χ0) is 12.1. The van der Waals surface area contributed by atoms with Gasteiger partial charge in [0.25, 0.3) is 0 Å². The van der Waals surface area contributed by atoms with Crippen molar-refractivity contribution in [1.82, 2.24) is 4.98 Å². The largest absolute Gasteiger partial charge is 0.399 e. The lowest BCUT2D eigenvalue weighted by Gasteiger charge is -2.03. The standard InChI is InChI=1S/C13H14N2OS/c14-12-3-5-13(6-4-12)17(16)9-7-11-2-1-8-15-10-11/h1-6,8,10H,7,9,14H2. The highest BCUT2D eigenvalue weighted by molar-refractivity contribution is 7.85. The zero-order valence-electron chi connectivity index (χ0n) is 9.37. The molecule has 17 heavy (non-hydrogen) atoms. The van der Waals surface area contributed by atoms with Gasteiger partial charge in [-0.05, 0) is 42.3 Å². The monoisotopic (exact) mass is 246 g/mol. The molecule has 1 heterocycles. The van der Waals surface area contributed by atoms with Gasteiger partial charge in [0.1, 0.15) is 0 Å². The zero-order valence-corrected chi connectivity index (χ0v) is 10.2. The SMILES string of the molecule is Nc1ccc(S(=O)CCc2cccnc2)cc1. The predicted molar refractivity (Wildman–Crippen MR) is 70.1 cm³/mol. The average Bonchev–Trinajstić information content (AvgIpc) is 2.38. The molecule has 0 fully saturated rings. The number of rotatable bonds is 4. The predicted octanol–water partition coefficient (Wildman–Crippen LogP) is 2.01. The summed E-state index contributed by atoms with van der Waals surface area (Å²) in [4.78, 5) is 4.85. The van der Waals surface area contributed by atoms with Crippen LogP contribution >= 0.6 is 0 Å². The van der Waals surface area contributed by atoms with Crippen molar-refractivity contribution in [1.29, 1.82) is 0 Å². The van der Waals surface area contributed by atoms with E-state index in [1.165, 1.54) is 0 Å². The minimum Gasteiger partial charge on any atom is -0.399 e. The number of pyridine rings is 1. The van der Waals surface area contributed by atoms with E-state index < -0.39 is 10.8 Å². The second-order valence-electron chi connectivity index (χ2n) is 3.73. The highest BCUT2D eigenvalue weighted by atomic mass is 32.2. The Balaban J connectivity index is 1.96. The van der Waals surface area contributed by atoms with Crippen LogP contribution in [0.25, 0.3) is 0 Å². The normalized spacial score (nSPS) is 12.2. The minimum absolute atomic E-state index is 0.607. The summed E-state index contributed by atoms with van der Waals surface area (Å²) in [6.45, 7) is 0. The number of aryl methyl sites for hydroxylation is 1. The van der Waals surface area contributed by atoms with Crippen LogP contribution in [0.3, 0.4) is 0 Å². The number of hydrogen-bond acceptors (Lipinski definition) is 3. The molecule has 4 heteroatoms. The first-order valence-electron chi connectivity index (χ1n) is 5.38. The van der Waals surface area contributed by atoms with E-state index >= 15 is 0 Å². The molecule has 0 radical (unpaired) electrons. The van der Waals surface area contributed by atoms with Crippen LogP contribution in [-0.4, -0.2) is 14.9 Å². The van der Waals surface area contributed by atoms with Crippen molar-refractivity contribution in [2.75, 3.05) is 11.5 Å². The fraction of sp³-hybridized carbons (Fsp3) is 0.154. The van der Waals surface area contributed by atoms with Crippen LogP contribution in [0.5, 0.6) is 0 Å². The minimum atomic E-state index is -0.976. The maximum atomic E-state index is 12.0. The number of nitrogens with zero attached hydrogens (tertiary/aromatic N) is 1. The fourth-order valence-corrected chi connectivity index (χ4v) is 2.59. The number of benzene rings is 1. The molecular weight excluding hydrogens is 232 g/mol. The number of nitrogens with two attached hydrogens (primary N) is 1. The fourth-order valence-electron chi connectivity index (χ4n) is 1.49. The van der Waals surface area contributed by atoms with Crippen molar-refractivity contribution < 1.29 is 4.21 Å². The first kappa shape index (κ1) is 11.8. The molecule has 1 atom stereocenters. The molecule has 1 aromatic carbocycles. The van der Waals surface area contributed by atoms with Crippen molar-refractivity contribution in [3.05, 3.63) is 54.4 Å². The lowest BCUT2D eigenvalue weighted by atomic mass is 10.2. The summed E-state index contributed by atoms with van der Waals surface area (Å²) in [7, 11) is -0.976. The van der Waals surface area contributed by atoms with E-state index in [0.717, 1.165) is 16.9 Å². The first-order chi connectivity index (χ1) is 8.25. The van der Waals surface area contributed by atoms with E-state index in [1.807, 2.05) is 24.3 Å². The van der Waals surface area contributed by atoms with E-state index in [-0.39, 0.29) is 0 Å². The summed E-state index contributed by atoms with van der Waals surface area (Å²) in [5, 5.41) is 0. The van der Waals surface area contributed by atoms with E-state index in [1.54, 1.807) is 24.5 Å². The van der Waals surface area contributed by atoms with Crippen molar-refractivity contribution >= 4 is 16.5 Å². The summed E-state index contributed by atoms with van der Waals surface area (Å²) in [6.07, 6.45) is 4.31. The quantitative estimate of drug-likeness (QED) is 0.840. The lowest BCUT2D eigenvalue weighted by Crippen LogP contribution is -2.02. The summed E-state index contributed by atoms with van der Waals surface area (Å²) in [6, 6.07) is 11.1. The van der Waals surface area contributed by atoms with Crippen molar-refractivity contribution in [3.63, 3.8) is 0 Å². The molecule has 0 aliphatic heterocycles. The summed E-state index contributed by atoms with van der Waals surface area (Å²) in [5.41, 5.74) is 7.38. The maximum absolute atomic E-state index is 12.0. The Hall–Kier alpha value is -1.68. The van der Waals surface area contributed by atoms with Crippen LogP contribution in [0.15, 0.2) is 53.7 Å². The molecule has 0 bridgehead atoms. The highest BCUT2D eigenvalue weighted by Gasteiger charge is 2.03. The second kappa shape index (κ2) is 5.59. The molecule has 0 aliphatic rings. The third kappa shape index (κ3) is 3.39. The van der Waals surface area contributed by atoms with Gasteiger partial charge in [0.15, 0.2) is 0 Å². The van der Waals surface area contributed by atoms with Crippen LogP contribution < -0.4 is 5.73 Å². The number of anilines is 1. The molecule has 88 valence electrons. The molecule has 2 N–H and O–H groups in total. The average molecular weight is 246 g/mol. The van der Waals surface area contributed by atoms with E-state index in [4.69, 9.17) is 5.73 Å². The Kier molecular flexibility index (Phi) is 3.88. The molecule has 1 unspecified atom stereocenters. The molecule has 0 spiro atoms. The molecule has 0 aliphatic carbocycles. The maximum Gasteiger partial charge on any atom is 0.0532 e. The Morgan fingerprint density at radius 1 is 1.18 bits per heavy atom. The third-order valence-corrected chi connectivity index (χ3v) is 3.81. The number of hydrogen-bond donors (Lipinski definition) is 1. The van der Waals surface area contributed by atoms with Gasteiger partial charge in [0.05, 0.1) is 10.8 Å². The van der Waals surface area contributed by atoms with Gasteiger partial charge in [-0.3, -0.25) is 9.19 Å². The van der Waals surface area contributed by atoms with E-state index in [0.29, 0.717) is 11.4 Å². The van der Waals surface area contributed by atoms with Crippen LogP contribution in [0.2, 0.25) is 0 Å². The third-order valence-electron chi connectivity index (χ3n) is 2.44. The molecule has 0 amide bonds. The van der Waals surface area contributed by atoms with E-state index in [2.05, 4.69) is 4.98 Å². The van der Waals surface area contributed by atoms with Crippen LogP contribution in [0, 0.1) is 0 Å². The molecule has 0 saturated heterocycles. The smallest absolute Gasteiger partial charge is 0.0532 e. The molecule has 3 nitrogen and oxygen atoms in total. The second-order valence-corrected chi connectivity index (χ2v) is 5.30. The van der Waals surface area contributed by atoms with Crippen molar-refractivity contribution in [3.8, 4) is 0 Å². The molecule has 2 aromatic rings. The Labute approximate surface area is 103 Å². The summed E-state index contributed by atoms with van der Waals surface area (Å²) in [5.74, 6) is 0.607. The number of nitrogen functional groups attached to an aromatic ring is 1. The molecule has 2 rings (SSSR count). The molecule has 0 saturated carbocycles. The van der Waals surface area contributed by atoms with Crippen molar-refractivity contribution in [2.45, 2.75) is 11.3 Å². The van der Waals surface area contributed by atoms with Gasteiger partial charge >= 0.3 is 0 Å². The van der Waals surface area contributed by atoms with Gasteiger partial charge < -0.3 is 5.73 Å². The lowest BCUT2D eigenvalue weighted by molar-refractivity contribution is 0.682. The van der Waals surface area contributed by atoms with Crippen LogP contribution in [0.4, 0.5) is 5.69 Å². The highest BCUT2D eigenvalue weighted by Crippen LogP contribution is 2.11. The van der Waals surface area contributed by atoms with Gasteiger partial charge in [0.2, 0.25) is 0 Å². The summed E-state index contributed by atoms with van der Waals surface area (Å²) < 4.78 is 12.0. The Morgan fingerprint density at radius 2 is 1.94 bits per heavy atom. The van der Waals surface area contributed by atoms with Gasteiger partial charge in [-0.15, -0.1) is 0 Å². The van der Waals surface area contributed by atoms with E-state index in [9.17, 15) is 4.21 Å². The van der Waals surface area contributed by atoms with Gasteiger partial charge in [-0.1, -0.05) is 6.07 Å². The molecular formula is C13H14N2OS. The Morgan fingerprint density at radius 3 is 2.59 bits per heavy atom. The van der Waals surface area contributed by atoms with Crippen molar-refractivity contribution in [2.24, 2.45) is 0 Å². The van der Waals surface area contributed by atoms with Crippen LogP contribution in [0.1, 0.15) is 5.56 Å².